The van der Waals surface area contributed by atoms with Gasteiger partial charge in [-0.15, -0.1) is 0 Å². The van der Waals surface area contributed by atoms with Crippen molar-refractivity contribution < 1.29 is 22.0 Å². The summed E-state index contributed by atoms with van der Waals surface area (Å²) in [6, 6.07) is 3.21. The van der Waals surface area contributed by atoms with E-state index in [0.29, 0.717) is 0 Å². The molecule has 0 spiro atoms. The Balaban J connectivity index is 2.68. The first-order chi connectivity index (χ1) is 7.81. The molecule has 0 saturated heterocycles. The molecule has 0 aliphatic heterocycles. The molecule has 0 aromatic heterocycles. The lowest BCUT2D eigenvalue weighted by Crippen LogP contribution is -2.29. The predicted octanol–water partition coefficient (Wildman–Crippen LogP) is 0.739. The number of hydrogen-bond acceptors (Lipinski definition) is 3. The van der Waals surface area contributed by atoms with Crippen molar-refractivity contribution in [3.8, 4) is 0 Å². The zero-order chi connectivity index (χ0) is 13.1. The number of nitrogens with one attached hydrogen (secondary N) is 1. The normalized spacial score (nSPS) is 11.2. The lowest BCUT2D eigenvalue weighted by atomic mass is 10.2. The molecule has 0 aliphatic rings. The molecule has 7 heteroatoms. The van der Waals surface area contributed by atoms with Gasteiger partial charge in [0.2, 0.25) is 0 Å². The van der Waals surface area contributed by atoms with Crippen LogP contribution in [0.2, 0.25) is 0 Å². The van der Waals surface area contributed by atoms with Gasteiger partial charge in [-0.1, -0.05) is 6.07 Å². The molecule has 4 nitrogen and oxygen atoms in total. The van der Waals surface area contributed by atoms with Gasteiger partial charge in [-0.3, -0.25) is 4.79 Å². The zero-order valence-corrected chi connectivity index (χ0v) is 9.85. The van der Waals surface area contributed by atoms with Crippen molar-refractivity contribution in [3.05, 3.63) is 35.4 Å². The summed E-state index contributed by atoms with van der Waals surface area (Å²) in [6.45, 7) is -0.145. The molecule has 0 radical (unpaired) electrons. The molecule has 1 amide bonds. The maximum Gasteiger partial charge on any atom is 0.254 e. The summed E-state index contributed by atoms with van der Waals surface area (Å²) in [4.78, 5) is 11.4. The number of halogens is 2. The third-order valence-corrected chi connectivity index (χ3v) is 2.90. The van der Waals surface area contributed by atoms with E-state index in [4.69, 9.17) is 0 Å². The van der Waals surface area contributed by atoms with Gasteiger partial charge >= 0.3 is 0 Å². The quantitative estimate of drug-likeness (QED) is 0.871. The van der Waals surface area contributed by atoms with Crippen molar-refractivity contribution in [2.45, 2.75) is 0 Å². The minimum absolute atomic E-state index is 0.145. The highest BCUT2D eigenvalue weighted by molar-refractivity contribution is 7.90. The number of hydrogen-bond donors (Lipinski definition) is 1. The van der Waals surface area contributed by atoms with Crippen LogP contribution in [0.3, 0.4) is 0 Å². The summed E-state index contributed by atoms with van der Waals surface area (Å²) >= 11 is 0. The molecule has 0 fully saturated rings. The predicted molar refractivity (Wildman–Crippen MR) is 58.4 cm³/mol. The lowest BCUT2D eigenvalue weighted by molar-refractivity contribution is 0.0951. The van der Waals surface area contributed by atoms with Crippen LogP contribution in [-0.4, -0.2) is 32.9 Å². The Labute approximate surface area is 97.6 Å². The Hall–Kier alpha value is -1.50. The van der Waals surface area contributed by atoms with E-state index in [1.54, 1.807) is 0 Å². The minimum Gasteiger partial charge on any atom is -0.351 e. The van der Waals surface area contributed by atoms with Gasteiger partial charge in [0.15, 0.2) is 11.6 Å². The first-order valence-electron chi connectivity index (χ1n) is 4.71. The molecule has 0 bridgehead atoms. The van der Waals surface area contributed by atoms with Gasteiger partial charge in [0.05, 0.1) is 11.3 Å². The van der Waals surface area contributed by atoms with Crippen molar-refractivity contribution in [2.24, 2.45) is 0 Å². The number of benzene rings is 1. The second-order valence-electron chi connectivity index (χ2n) is 3.49. The number of sulfone groups is 1. The Morgan fingerprint density at radius 3 is 2.59 bits per heavy atom. The molecule has 94 valence electrons. The highest BCUT2D eigenvalue weighted by atomic mass is 32.2. The first-order valence-corrected chi connectivity index (χ1v) is 6.77. The Morgan fingerprint density at radius 1 is 1.35 bits per heavy atom. The molecule has 1 N–H and O–H groups in total. The molecular weight excluding hydrogens is 252 g/mol. The van der Waals surface area contributed by atoms with Gasteiger partial charge in [-0.25, -0.2) is 17.2 Å². The molecular formula is C10H11F2NO3S. The van der Waals surface area contributed by atoms with Crippen LogP contribution in [0.4, 0.5) is 8.78 Å². The molecule has 0 saturated carbocycles. The Morgan fingerprint density at radius 2 is 2.00 bits per heavy atom. The average Bonchev–Trinajstić information content (AvgIpc) is 2.20. The van der Waals surface area contributed by atoms with E-state index < -0.39 is 32.9 Å². The van der Waals surface area contributed by atoms with Gasteiger partial charge in [-0.2, -0.15) is 0 Å². The summed E-state index contributed by atoms with van der Waals surface area (Å²) < 4.78 is 47.5. The van der Waals surface area contributed by atoms with Gasteiger partial charge in [0.1, 0.15) is 9.84 Å². The summed E-state index contributed by atoms with van der Waals surface area (Å²) in [7, 11) is -3.20. The van der Waals surface area contributed by atoms with E-state index in [1.165, 1.54) is 6.07 Å². The van der Waals surface area contributed by atoms with Crippen LogP contribution >= 0.6 is 0 Å². The SMILES string of the molecule is CS(=O)(=O)CCNC(=O)c1cccc(F)c1F. The summed E-state index contributed by atoms with van der Waals surface area (Å²) in [5, 5.41) is 2.20. The van der Waals surface area contributed by atoms with E-state index in [-0.39, 0.29) is 12.3 Å². The Kier molecular flexibility index (Phi) is 4.17. The maximum absolute atomic E-state index is 13.2. The highest BCUT2D eigenvalue weighted by Gasteiger charge is 2.14. The van der Waals surface area contributed by atoms with Crippen LogP contribution in [0.5, 0.6) is 0 Å². The maximum atomic E-state index is 13.2. The molecule has 0 unspecified atom stereocenters. The van der Waals surface area contributed by atoms with Crippen LogP contribution in [0, 0.1) is 11.6 Å². The molecule has 1 aromatic carbocycles. The van der Waals surface area contributed by atoms with Crippen molar-refractivity contribution in [3.63, 3.8) is 0 Å². The third-order valence-electron chi connectivity index (χ3n) is 1.95. The summed E-state index contributed by atoms with van der Waals surface area (Å²) in [6.07, 6.45) is 1.02. The van der Waals surface area contributed by atoms with Gasteiger partial charge in [0, 0.05) is 12.8 Å². The number of amides is 1. The average molecular weight is 263 g/mol. The number of carbonyl (C=O) groups excluding carboxylic acids is 1. The van der Waals surface area contributed by atoms with Crippen LogP contribution in [0.1, 0.15) is 10.4 Å². The van der Waals surface area contributed by atoms with E-state index in [9.17, 15) is 22.0 Å². The van der Waals surface area contributed by atoms with E-state index in [1.807, 2.05) is 0 Å². The van der Waals surface area contributed by atoms with Crippen molar-refractivity contribution >= 4 is 15.7 Å². The monoisotopic (exact) mass is 263 g/mol. The number of rotatable bonds is 4. The molecule has 0 heterocycles. The van der Waals surface area contributed by atoms with Crippen LogP contribution in [0.25, 0.3) is 0 Å². The molecule has 1 rings (SSSR count). The highest BCUT2D eigenvalue weighted by Crippen LogP contribution is 2.10. The molecule has 17 heavy (non-hydrogen) atoms. The fourth-order valence-corrected chi connectivity index (χ4v) is 1.60. The van der Waals surface area contributed by atoms with E-state index in [0.717, 1.165) is 18.4 Å². The largest absolute Gasteiger partial charge is 0.351 e. The molecule has 0 aliphatic carbocycles. The van der Waals surface area contributed by atoms with Crippen molar-refractivity contribution in [1.82, 2.24) is 5.32 Å². The van der Waals surface area contributed by atoms with Crippen LogP contribution < -0.4 is 5.32 Å². The summed E-state index contributed by atoms with van der Waals surface area (Å²) in [5.74, 6) is -3.47. The Bertz CT molecular complexity index is 528. The lowest BCUT2D eigenvalue weighted by Gasteiger charge is -2.05. The third kappa shape index (κ3) is 4.10. The standard InChI is InChI=1S/C10H11F2NO3S/c1-17(15,16)6-5-13-10(14)7-3-2-4-8(11)9(7)12/h2-4H,5-6H2,1H3,(H,13,14). The van der Waals surface area contributed by atoms with E-state index in [2.05, 4.69) is 5.32 Å². The topological polar surface area (TPSA) is 63.2 Å². The zero-order valence-electron chi connectivity index (χ0n) is 9.04. The fraction of sp³-hybridized carbons (Fsp3) is 0.300. The van der Waals surface area contributed by atoms with Gasteiger partial charge < -0.3 is 5.32 Å². The van der Waals surface area contributed by atoms with E-state index >= 15 is 0 Å². The van der Waals surface area contributed by atoms with Crippen LogP contribution in [0.15, 0.2) is 18.2 Å². The second-order valence-corrected chi connectivity index (χ2v) is 5.75. The number of carbonyl (C=O) groups is 1. The smallest absolute Gasteiger partial charge is 0.254 e. The van der Waals surface area contributed by atoms with Crippen LogP contribution in [-0.2, 0) is 9.84 Å². The summed E-state index contributed by atoms with van der Waals surface area (Å²) in [5.41, 5.74) is -0.446. The minimum atomic E-state index is -3.20. The molecule has 0 atom stereocenters. The first kappa shape index (κ1) is 13.6. The second kappa shape index (κ2) is 5.22. The van der Waals surface area contributed by atoms with Gasteiger partial charge in [-0.05, 0) is 12.1 Å². The van der Waals surface area contributed by atoms with Crippen molar-refractivity contribution in [1.29, 1.82) is 0 Å². The molecule has 1 aromatic rings. The van der Waals surface area contributed by atoms with Gasteiger partial charge in [0.25, 0.3) is 5.91 Å². The fourth-order valence-electron chi connectivity index (χ4n) is 1.12. The van der Waals surface area contributed by atoms with Crippen molar-refractivity contribution in [2.75, 3.05) is 18.6 Å².